The van der Waals surface area contributed by atoms with E-state index in [2.05, 4.69) is 5.32 Å². The molecule has 1 atom stereocenters. The van der Waals surface area contributed by atoms with Crippen molar-refractivity contribution in [2.24, 2.45) is 0 Å². The maximum Gasteiger partial charge on any atom is 0.222 e. The summed E-state index contributed by atoms with van der Waals surface area (Å²) in [4.78, 5) is 22.0. The summed E-state index contributed by atoms with van der Waals surface area (Å²) in [7, 11) is 0. The molecule has 5 heteroatoms. The van der Waals surface area contributed by atoms with Crippen molar-refractivity contribution in [3.63, 3.8) is 0 Å². The van der Waals surface area contributed by atoms with Crippen LogP contribution in [-0.2, 0) is 14.3 Å². The number of nitrogens with one attached hydrogen (secondary N) is 1. The third-order valence-corrected chi connectivity index (χ3v) is 2.73. The summed E-state index contributed by atoms with van der Waals surface area (Å²) in [6.45, 7) is 4.29. The average molecular weight is 247 g/mol. The first-order chi connectivity index (χ1) is 7.56. The zero-order valence-electron chi connectivity index (χ0n) is 10.2. The van der Waals surface area contributed by atoms with E-state index in [9.17, 15) is 9.59 Å². The molecule has 0 aliphatic carbocycles. The second-order valence-electron chi connectivity index (χ2n) is 3.74. The minimum atomic E-state index is 0.00405. The van der Waals surface area contributed by atoms with Gasteiger partial charge in [0.1, 0.15) is 5.78 Å². The molecule has 94 valence electrons. The molecule has 0 aliphatic rings. The smallest absolute Gasteiger partial charge is 0.222 e. The van der Waals surface area contributed by atoms with Crippen molar-refractivity contribution in [1.82, 2.24) is 5.32 Å². The third-order valence-electron chi connectivity index (χ3n) is 1.90. The molecule has 1 amide bonds. The second kappa shape index (κ2) is 9.66. The second-order valence-corrected chi connectivity index (χ2v) is 4.65. The van der Waals surface area contributed by atoms with Gasteiger partial charge in [0.2, 0.25) is 5.91 Å². The molecule has 0 aromatic heterocycles. The standard InChI is InChI=1S/C11H21NO3S/c1-9(8-16-3)12-11(14)5-7-15-6-4-10(2)13/h9H,4-8H2,1-3H3,(H,12,14). The quantitative estimate of drug-likeness (QED) is 0.623. The van der Waals surface area contributed by atoms with Crippen LogP contribution in [0.2, 0.25) is 0 Å². The first-order valence-corrected chi connectivity index (χ1v) is 6.81. The SMILES string of the molecule is CSCC(C)NC(=O)CCOCCC(C)=O. The molecule has 0 rings (SSSR count). The monoisotopic (exact) mass is 247 g/mol. The zero-order chi connectivity index (χ0) is 12.4. The molecule has 0 saturated heterocycles. The molecule has 0 fully saturated rings. The van der Waals surface area contributed by atoms with E-state index in [1.54, 1.807) is 11.8 Å². The molecule has 0 bridgehead atoms. The minimum Gasteiger partial charge on any atom is -0.380 e. The Balaban J connectivity index is 3.40. The van der Waals surface area contributed by atoms with Crippen LogP contribution in [0.1, 0.15) is 26.7 Å². The molecule has 0 aliphatic heterocycles. The van der Waals surface area contributed by atoms with Crippen molar-refractivity contribution >= 4 is 23.5 Å². The lowest BCUT2D eigenvalue weighted by Gasteiger charge is -2.12. The van der Waals surface area contributed by atoms with Crippen molar-refractivity contribution in [3.05, 3.63) is 0 Å². The van der Waals surface area contributed by atoms with Crippen molar-refractivity contribution in [3.8, 4) is 0 Å². The lowest BCUT2D eigenvalue weighted by molar-refractivity contribution is -0.122. The van der Waals surface area contributed by atoms with Gasteiger partial charge < -0.3 is 10.1 Å². The number of rotatable bonds is 9. The van der Waals surface area contributed by atoms with E-state index in [-0.39, 0.29) is 17.7 Å². The molecule has 0 spiro atoms. The van der Waals surface area contributed by atoms with Gasteiger partial charge in [0.15, 0.2) is 0 Å². The Kier molecular flexibility index (Phi) is 9.33. The Morgan fingerprint density at radius 1 is 1.31 bits per heavy atom. The number of ether oxygens (including phenoxy) is 1. The first-order valence-electron chi connectivity index (χ1n) is 5.41. The highest BCUT2D eigenvalue weighted by Crippen LogP contribution is 1.96. The van der Waals surface area contributed by atoms with Crippen LogP contribution >= 0.6 is 11.8 Å². The van der Waals surface area contributed by atoms with E-state index in [0.717, 1.165) is 5.75 Å². The summed E-state index contributed by atoms with van der Waals surface area (Å²) in [5.41, 5.74) is 0. The lowest BCUT2D eigenvalue weighted by atomic mass is 10.3. The largest absolute Gasteiger partial charge is 0.380 e. The number of Topliss-reactive ketones (excluding diaryl/α,β-unsaturated/α-hetero) is 1. The van der Waals surface area contributed by atoms with Gasteiger partial charge >= 0.3 is 0 Å². The molecule has 0 aromatic rings. The normalized spacial score (nSPS) is 12.2. The van der Waals surface area contributed by atoms with Gasteiger partial charge in [-0.15, -0.1) is 0 Å². The third kappa shape index (κ3) is 9.98. The van der Waals surface area contributed by atoms with Gasteiger partial charge in [-0.05, 0) is 20.1 Å². The van der Waals surface area contributed by atoms with Gasteiger partial charge in [-0.3, -0.25) is 9.59 Å². The van der Waals surface area contributed by atoms with E-state index >= 15 is 0 Å². The minimum absolute atomic E-state index is 0.00405. The van der Waals surface area contributed by atoms with Crippen LogP contribution < -0.4 is 5.32 Å². The van der Waals surface area contributed by atoms with Crippen molar-refractivity contribution in [2.45, 2.75) is 32.7 Å². The van der Waals surface area contributed by atoms with E-state index in [4.69, 9.17) is 4.74 Å². The van der Waals surface area contributed by atoms with E-state index in [1.807, 2.05) is 13.2 Å². The topological polar surface area (TPSA) is 55.4 Å². The summed E-state index contributed by atoms with van der Waals surface area (Å²) in [6.07, 6.45) is 2.79. The lowest BCUT2D eigenvalue weighted by Crippen LogP contribution is -2.34. The van der Waals surface area contributed by atoms with Crippen molar-refractivity contribution in [2.75, 3.05) is 25.2 Å². The highest BCUT2D eigenvalue weighted by atomic mass is 32.2. The Bertz CT molecular complexity index is 221. The van der Waals surface area contributed by atoms with Crippen LogP contribution in [0.3, 0.4) is 0 Å². The molecule has 0 saturated carbocycles. The predicted molar refractivity (Wildman–Crippen MR) is 66.7 cm³/mol. The average Bonchev–Trinajstić information content (AvgIpc) is 2.16. The summed E-state index contributed by atoms with van der Waals surface area (Å²) in [5, 5.41) is 2.87. The van der Waals surface area contributed by atoms with Gasteiger partial charge in [0.05, 0.1) is 13.2 Å². The number of ketones is 1. The fourth-order valence-corrected chi connectivity index (χ4v) is 1.70. The number of thioether (sulfide) groups is 1. The maximum atomic E-state index is 11.4. The summed E-state index contributed by atoms with van der Waals surface area (Å²) < 4.78 is 5.17. The Morgan fingerprint density at radius 3 is 2.50 bits per heavy atom. The molecular formula is C11H21NO3S. The van der Waals surface area contributed by atoms with Gasteiger partial charge in [-0.2, -0.15) is 11.8 Å². The van der Waals surface area contributed by atoms with E-state index < -0.39 is 0 Å². The van der Waals surface area contributed by atoms with Gasteiger partial charge in [-0.1, -0.05) is 0 Å². The van der Waals surface area contributed by atoms with Crippen LogP contribution in [-0.4, -0.2) is 43.0 Å². The first kappa shape index (κ1) is 15.4. The van der Waals surface area contributed by atoms with Gasteiger partial charge in [0.25, 0.3) is 0 Å². The number of hydrogen-bond acceptors (Lipinski definition) is 4. The fraction of sp³-hybridized carbons (Fsp3) is 0.818. The van der Waals surface area contributed by atoms with Crippen LogP contribution in [0.25, 0.3) is 0 Å². The molecular weight excluding hydrogens is 226 g/mol. The van der Waals surface area contributed by atoms with Crippen molar-refractivity contribution in [1.29, 1.82) is 0 Å². The number of carbonyl (C=O) groups is 2. The Labute approximate surface area is 101 Å². The number of hydrogen-bond donors (Lipinski definition) is 1. The fourth-order valence-electron chi connectivity index (χ4n) is 1.12. The summed E-state index contributed by atoms with van der Waals surface area (Å²) in [5.74, 6) is 1.03. The molecule has 0 radical (unpaired) electrons. The number of carbonyl (C=O) groups excluding carboxylic acids is 2. The summed E-state index contributed by atoms with van der Waals surface area (Å²) in [6, 6.07) is 0.194. The van der Waals surface area contributed by atoms with Crippen LogP contribution in [0.5, 0.6) is 0 Å². The van der Waals surface area contributed by atoms with Crippen LogP contribution in [0.4, 0.5) is 0 Å². The van der Waals surface area contributed by atoms with Crippen LogP contribution in [0, 0.1) is 0 Å². The highest BCUT2D eigenvalue weighted by Gasteiger charge is 2.06. The predicted octanol–water partition coefficient (Wildman–Crippen LogP) is 1.24. The maximum absolute atomic E-state index is 11.4. The Morgan fingerprint density at radius 2 is 1.94 bits per heavy atom. The molecule has 0 heterocycles. The Hall–Kier alpha value is -0.550. The van der Waals surface area contributed by atoms with E-state index in [0.29, 0.717) is 26.1 Å². The van der Waals surface area contributed by atoms with Crippen molar-refractivity contribution < 1.29 is 14.3 Å². The van der Waals surface area contributed by atoms with Gasteiger partial charge in [-0.25, -0.2) is 0 Å². The highest BCUT2D eigenvalue weighted by molar-refractivity contribution is 7.98. The summed E-state index contributed by atoms with van der Waals surface area (Å²) >= 11 is 1.70. The molecule has 1 unspecified atom stereocenters. The zero-order valence-corrected chi connectivity index (χ0v) is 11.1. The number of amides is 1. The van der Waals surface area contributed by atoms with E-state index in [1.165, 1.54) is 6.92 Å². The molecule has 16 heavy (non-hydrogen) atoms. The molecule has 4 nitrogen and oxygen atoms in total. The molecule has 0 aromatic carbocycles. The van der Waals surface area contributed by atoms with Crippen LogP contribution in [0.15, 0.2) is 0 Å². The van der Waals surface area contributed by atoms with Gasteiger partial charge in [0, 0.05) is 24.6 Å². The molecule has 1 N–H and O–H groups in total.